The van der Waals surface area contributed by atoms with Crippen LogP contribution in [0.15, 0.2) is 0 Å². The van der Waals surface area contributed by atoms with Crippen molar-refractivity contribution < 1.29 is 8.42 Å². The number of nitrogens with zero attached hydrogens (tertiary/aromatic N) is 1. The molecule has 0 atom stereocenters. The lowest BCUT2D eigenvalue weighted by atomic mass is 9.83. The molecule has 0 spiro atoms. The van der Waals surface area contributed by atoms with Crippen LogP contribution >= 0.6 is 0 Å². The summed E-state index contributed by atoms with van der Waals surface area (Å²) in [5.74, 6) is 0.940. The second-order valence-electron chi connectivity index (χ2n) is 6.86. The molecule has 2 saturated heterocycles. The first-order chi connectivity index (χ1) is 8.89. The monoisotopic (exact) mass is 288 g/mol. The fraction of sp³-hybridized carbons (Fsp3) is 1.00. The van der Waals surface area contributed by atoms with Gasteiger partial charge in [-0.15, -0.1) is 0 Å². The van der Waals surface area contributed by atoms with Crippen LogP contribution in [0.2, 0.25) is 0 Å². The van der Waals surface area contributed by atoms with Crippen molar-refractivity contribution in [3.63, 3.8) is 0 Å². The van der Waals surface area contributed by atoms with Crippen molar-refractivity contribution in [2.75, 3.05) is 31.9 Å². The van der Waals surface area contributed by atoms with Gasteiger partial charge < -0.3 is 5.32 Å². The molecule has 0 aliphatic carbocycles. The Morgan fingerprint density at radius 3 is 2.32 bits per heavy atom. The fourth-order valence-electron chi connectivity index (χ4n) is 2.98. The molecule has 2 rings (SSSR count). The molecular weight excluding hydrogens is 260 g/mol. The SMILES string of the molecule is CC1(C)CCN(S(=O)(=O)CCC2CCNCC2)CC1. The molecule has 0 saturated carbocycles. The number of rotatable bonds is 4. The molecule has 2 fully saturated rings. The Hall–Kier alpha value is -0.130. The molecule has 2 aliphatic rings. The van der Waals surface area contributed by atoms with E-state index < -0.39 is 10.0 Å². The third kappa shape index (κ3) is 4.43. The van der Waals surface area contributed by atoms with Gasteiger partial charge in [-0.2, -0.15) is 0 Å². The predicted octanol–water partition coefficient (Wildman–Crippen LogP) is 1.83. The van der Waals surface area contributed by atoms with Crippen molar-refractivity contribution in [2.45, 2.75) is 46.0 Å². The molecular formula is C14H28N2O2S. The van der Waals surface area contributed by atoms with Crippen LogP contribution in [0.1, 0.15) is 46.0 Å². The minimum Gasteiger partial charge on any atom is -0.317 e. The van der Waals surface area contributed by atoms with E-state index in [2.05, 4.69) is 19.2 Å². The second kappa shape index (κ2) is 6.10. The van der Waals surface area contributed by atoms with Gasteiger partial charge in [0, 0.05) is 13.1 Å². The first-order valence-corrected chi connectivity index (χ1v) is 9.19. The maximum Gasteiger partial charge on any atom is 0.214 e. The molecule has 0 aromatic carbocycles. The third-order valence-corrected chi connectivity index (χ3v) is 6.62. The molecule has 0 unspecified atom stereocenters. The minimum atomic E-state index is -3.02. The molecule has 0 aromatic heterocycles. The molecule has 112 valence electrons. The van der Waals surface area contributed by atoms with Crippen LogP contribution < -0.4 is 5.32 Å². The van der Waals surface area contributed by atoms with Crippen LogP contribution in [0, 0.1) is 11.3 Å². The number of piperidine rings is 2. The van der Waals surface area contributed by atoms with Gasteiger partial charge in [-0.3, -0.25) is 0 Å². The Morgan fingerprint density at radius 2 is 1.74 bits per heavy atom. The summed E-state index contributed by atoms with van der Waals surface area (Å²) in [7, 11) is -3.02. The van der Waals surface area contributed by atoms with Crippen LogP contribution in [-0.4, -0.2) is 44.7 Å². The highest BCUT2D eigenvalue weighted by Crippen LogP contribution is 2.31. The second-order valence-corrected chi connectivity index (χ2v) is 8.95. The number of nitrogens with one attached hydrogen (secondary N) is 1. The van der Waals surface area contributed by atoms with E-state index in [0.29, 0.717) is 30.2 Å². The first-order valence-electron chi connectivity index (χ1n) is 7.58. The van der Waals surface area contributed by atoms with Gasteiger partial charge in [0.05, 0.1) is 5.75 Å². The topological polar surface area (TPSA) is 49.4 Å². The van der Waals surface area contributed by atoms with E-state index in [1.54, 1.807) is 4.31 Å². The summed E-state index contributed by atoms with van der Waals surface area (Å²) in [6.45, 7) is 7.96. The molecule has 19 heavy (non-hydrogen) atoms. The number of sulfonamides is 1. The summed E-state index contributed by atoms with van der Waals surface area (Å²) >= 11 is 0. The summed E-state index contributed by atoms with van der Waals surface area (Å²) in [5.41, 5.74) is 0.307. The van der Waals surface area contributed by atoms with E-state index in [1.165, 1.54) is 0 Å². The number of hydrogen-bond donors (Lipinski definition) is 1. The Morgan fingerprint density at radius 1 is 1.16 bits per heavy atom. The zero-order valence-electron chi connectivity index (χ0n) is 12.3. The standard InChI is InChI=1S/C14H28N2O2S/c1-14(2)6-10-16(11-7-14)19(17,18)12-5-13-3-8-15-9-4-13/h13,15H,3-12H2,1-2H3. The van der Waals surface area contributed by atoms with E-state index in [4.69, 9.17) is 0 Å². The Balaban J connectivity index is 1.81. The van der Waals surface area contributed by atoms with Gasteiger partial charge in [-0.1, -0.05) is 13.8 Å². The average Bonchev–Trinajstić information content (AvgIpc) is 2.37. The number of hydrogen-bond acceptors (Lipinski definition) is 3. The molecule has 4 nitrogen and oxygen atoms in total. The lowest BCUT2D eigenvalue weighted by Crippen LogP contribution is -2.42. The highest BCUT2D eigenvalue weighted by molar-refractivity contribution is 7.89. The van der Waals surface area contributed by atoms with Gasteiger partial charge in [0.2, 0.25) is 10.0 Å². The molecule has 0 radical (unpaired) electrons. The smallest absolute Gasteiger partial charge is 0.214 e. The highest BCUT2D eigenvalue weighted by Gasteiger charge is 2.31. The molecule has 0 bridgehead atoms. The fourth-order valence-corrected chi connectivity index (χ4v) is 4.61. The summed E-state index contributed by atoms with van der Waals surface area (Å²) in [5, 5.41) is 3.32. The lowest BCUT2D eigenvalue weighted by molar-refractivity contribution is 0.195. The first kappa shape index (κ1) is 15.3. The zero-order valence-corrected chi connectivity index (χ0v) is 13.1. The van der Waals surface area contributed by atoms with E-state index in [-0.39, 0.29) is 0 Å². The van der Waals surface area contributed by atoms with Crippen molar-refractivity contribution >= 4 is 10.0 Å². The third-order valence-electron chi connectivity index (χ3n) is 4.71. The zero-order chi connectivity index (χ0) is 13.9. The predicted molar refractivity (Wildman–Crippen MR) is 78.6 cm³/mol. The Kier molecular flexibility index (Phi) is 4.90. The maximum atomic E-state index is 12.3. The van der Waals surface area contributed by atoms with Gasteiger partial charge in [0.15, 0.2) is 0 Å². The highest BCUT2D eigenvalue weighted by atomic mass is 32.2. The van der Waals surface area contributed by atoms with Crippen LogP contribution in [0.25, 0.3) is 0 Å². The normalized spacial score (nSPS) is 26.4. The lowest BCUT2D eigenvalue weighted by Gasteiger charge is -2.36. The van der Waals surface area contributed by atoms with E-state index >= 15 is 0 Å². The molecule has 2 heterocycles. The van der Waals surface area contributed by atoms with Crippen molar-refractivity contribution in [3.8, 4) is 0 Å². The summed E-state index contributed by atoms with van der Waals surface area (Å²) < 4.78 is 26.4. The maximum absolute atomic E-state index is 12.3. The Bertz CT molecular complexity index is 376. The average molecular weight is 288 g/mol. The summed E-state index contributed by atoms with van der Waals surface area (Å²) in [4.78, 5) is 0. The van der Waals surface area contributed by atoms with Crippen molar-refractivity contribution in [3.05, 3.63) is 0 Å². The van der Waals surface area contributed by atoms with Crippen LogP contribution in [0.5, 0.6) is 0 Å². The van der Waals surface area contributed by atoms with Crippen LogP contribution in [0.3, 0.4) is 0 Å². The van der Waals surface area contributed by atoms with E-state index in [9.17, 15) is 8.42 Å². The largest absolute Gasteiger partial charge is 0.317 e. The van der Waals surface area contributed by atoms with Crippen LogP contribution in [0.4, 0.5) is 0 Å². The molecule has 5 heteroatoms. The van der Waals surface area contributed by atoms with Gasteiger partial charge in [-0.25, -0.2) is 12.7 Å². The molecule has 0 amide bonds. The van der Waals surface area contributed by atoms with E-state index in [0.717, 1.165) is 45.2 Å². The van der Waals surface area contributed by atoms with Crippen LogP contribution in [-0.2, 0) is 10.0 Å². The van der Waals surface area contributed by atoms with Gasteiger partial charge >= 0.3 is 0 Å². The summed E-state index contributed by atoms with van der Waals surface area (Å²) in [6, 6.07) is 0. The van der Waals surface area contributed by atoms with Gasteiger partial charge in [0.1, 0.15) is 0 Å². The molecule has 0 aromatic rings. The molecule has 1 N–H and O–H groups in total. The quantitative estimate of drug-likeness (QED) is 0.858. The molecule has 2 aliphatic heterocycles. The summed E-state index contributed by atoms with van der Waals surface area (Å²) in [6.07, 6.45) is 5.06. The van der Waals surface area contributed by atoms with Crippen molar-refractivity contribution in [2.24, 2.45) is 11.3 Å². The van der Waals surface area contributed by atoms with Gasteiger partial charge in [-0.05, 0) is 56.5 Å². The van der Waals surface area contributed by atoms with Gasteiger partial charge in [0.25, 0.3) is 0 Å². The minimum absolute atomic E-state index is 0.307. The van der Waals surface area contributed by atoms with Crippen molar-refractivity contribution in [1.29, 1.82) is 0 Å². The van der Waals surface area contributed by atoms with E-state index in [1.807, 2.05) is 0 Å². The Labute approximate surface area is 118 Å². The van der Waals surface area contributed by atoms with Crippen molar-refractivity contribution in [1.82, 2.24) is 9.62 Å².